The van der Waals surface area contributed by atoms with Gasteiger partial charge in [-0.3, -0.25) is 4.90 Å². The molecule has 6 nitrogen and oxygen atoms in total. The number of nitrogens with zero attached hydrogens (tertiary/aromatic N) is 5. The lowest BCUT2D eigenvalue weighted by atomic mass is 10.0. The van der Waals surface area contributed by atoms with Crippen molar-refractivity contribution in [3.8, 4) is 0 Å². The molecule has 4 rings (SSSR count). The van der Waals surface area contributed by atoms with Gasteiger partial charge < -0.3 is 14.5 Å². The third-order valence-electron chi connectivity index (χ3n) is 5.40. The molecular weight excluding hydrogens is 382 g/mol. The zero-order valence-electron chi connectivity index (χ0n) is 15.7. The molecule has 0 unspecified atom stereocenters. The van der Waals surface area contributed by atoms with Gasteiger partial charge in [0.15, 0.2) is 0 Å². The van der Waals surface area contributed by atoms with Crippen molar-refractivity contribution in [2.45, 2.75) is 25.4 Å². The molecule has 146 valence electrons. The quantitative estimate of drug-likeness (QED) is 0.758. The number of ether oxygens (including phenoxy) is 1. The van der Waals surface area contributed by atoms with Crippen molar-refractivity contribution in [3.05, 3.63) is 33.6 Å². The Morgan fingerprint density at radius 2 is 1.96 bits per heavy atom. The van der Waals surface area contributed by atoms with Crippen LogP contribution >= 0.6 is 22.9 Å². The van der Waals surface area contributed by atoms with Crippen LogP contribution in [0.15, 0.2) is 24.4 Å². The van der Waals surface area contributed by atoms with E-state index in [-0.39, 0.29) is 0 Å². The van der Waals surface area contributed by atoms with Crippen LogP contribution in [0.25, 0.3) is 0 Å². The molecule has 2 aliphatic heterocycles. The first-order valence-electron chi connectivity index (χ1n) is 9.54. The van der Waals surface area contributed by atoms with Crippen molar-refractivity contribution >= 4 is 34.7 Å². The molecule has 0 spiro atoms. The highest BCUT2D eigenvalue weighted by molar-refractivity contribution is 7.16. The van der Waals surface area contributed by atoms with E-state index in [1.54, 1.807) is 11.3 Å². The number of hydrogen-bond donors (Lipinski definition) is 0. The Morgan fingerprint density at radius 3 is 2.67 bits per heavy atom. The molecule has 2 fully saturated rings. The van der Waals surface area contributed by atoms with E-state index in [0.717, 1.165) is 74.9 Å². The Morgan fingerprint density at radius 1 is 1.19 bits per heavy atom. The minimum Gasteiger partial charge on any atom is -0.378 e. The van der Waals surface area contributed by atoms with Crippen LogP contribution in [0.5, 0.6) is 0 Å². The van der Waals surface area contributed by atoms with Crippen molar-refractivity contribution in [1.82, 2.24) is 14.9 Å². The second-order valence-electron chi connectivity index (χ2n) is 7.14. The minimum absolute atomic E-state index is 0.514. The molecule has 0 aromatic carbocycles. The van der Waals surface area contributed by atoms with Gasteiger partial charge in [0.2, 0.25) is 5.95 Å². The lowest BCUT2D eigenvalue weighted by Gasteiger charge is -2.37. The monoisotopic (exact) mass is 407 g/mol. The van der Waals surface area contributed by atoms with E-state index in [1.165, 1.54) is 4.88 Å². The highest BCUT2D eigenvalue weighted by atomic mass is 35.5. The predicted octanol–water partition coefficient (Wildman–Crippen LogP) is 3.13. The number of likely N-dealkylation sites (tertiary alicyclic amines) is 1. The molecule has 0 bridgehead atoms. The van der Waals surface area contributed by atoms with E-state index < -0.39 is 0 Å². The zero-order chi connectivity index (χ0) is 18.6. The maximum Gasteiger partial charge on any atom is 0.227 e. The maximum atomic E-state index is 6.05. The summed E-state index contributed by atoms with van der Waals surface area (Å²) in [7, 11) is 2.16. The van der Waals surface area contributed by atoms with E-state index in [2.05, 4.69) is 32.8 Å². The number of hydrogen-bond acceptors (Lipinski definition) is 7. The molecule has 0 amide bonds. The van der Waals surface area contributed by atoms with Gasteiger partial charge in [-0.2, -0.15) is 4.98 Å². The van der Waals surface area contributed by atoms with Gasteiger partial charge in [0, 0.05) is 56.9 Å². The summed E-state index contributed by atoms with van der Waals surface area (Å²) in [5, 5.41) is 0. The molecule has 2 aromatic rings. The van der Waals surface area contributed by atoms with Gasteiger partial charge in [0.25, 0.3) is 0 Å². The normalized spacial score (nSPS) is 19.4. The molecular formula is C19H26ClN5OS. The van der Waals surface area contributed by atoms with Crippen LogP contribution in [-0.2, 0) is 11.3 Å². The average molecular weight is 408 g/mol. The second kappa shape index (κ2) is 8.73. The lowest BCUT2D eigenvalue weighted by Crippen LogP contribution is -2.43. The Hall–Kier alpha value is -1.41. The van der Waals surface area contributed by atoms with Gasteiger partial charge in [-0.1, -0.05) is 11.6 Å². The van der Waals surface area contributed by atoms with Crippen molar-refractivity contribution in [2.75, 3.05) is 56.2 Å². The summed E-state index contributed by atoms with van der Waals surface area (Å²) in [6.45, 7) is 6.42. The van der Waals surface area contributed by atoms with E-state index in [1.807, 2.05) is 18.3 Å². The summed E-state index contributed by atoms with van der Waals surface area (Å²) < 4.78 is 6.30. The first-order valence-corrected chi connectivity index (χ1v) is 10.7. The van der Waals surface area contributed by atoms with Crippen molar-refractivity contribution in [1.29, 1.82) is 0 Å². The molecule has 0 radical (unpaired) electrons. The van der Waals surface area contributed by atoms with Gasteiger partial charge in [-0.25, -0.2) is 4.98 Å². The standard InChI is InChI=1S/C19H26ClN5OS/c1-23(18-4-7-21-19(22-18)25-10-12-26-13-11-25)15-5-8-24(9-6-15)14-16-2-3-17(20)27-16/h2-4,7,15H,5-6,8-14H2,1H3. The van der Waals surface area contributed by atoms with E-state index in [4.69, 9.17) is 21.3 Å². The number of thiophene rings is 1. The molecule has 2 aromatic heterocycles. The fourth-order valence-electron chi connectivity index (χ4n) is 3.76. The van der Waals surface area contributed by atoms with Crippen LogP contribution in [0.3, 0.4) is 0 Å². The number of rotatable bonds is 5. The lowest BCUT2D eigenvalue weighted by molar-refractivity contribution is 0.122. The Balaban J connectivity index is 1.34. The first kappa shape index (κ1) is 18.9. The third kappa shape index (κ3) is 4.71. The Labute approximate surface area is 169 Å². The van der Waals surface area contributed by atoms with Crippen LogP contribution in [-0.4, -0.2) is 67.4 Å². The fraction of sp³-hybridized carbons (Fsp3) is 0.579. The number of piperidine rings is 1. The van der Waals surface area contributed by atoms with E-state index in [0.29, 0.717) is 6.04 Å². The topological polar surface area (TPSA) is 44.7 Å². The van der Waals surface area contributed by atoms with Crippen molar-refractivity contribution in [2.24, 2.45) is 0 Å². The number of halogens is 1. The highest BCUT2D eigenvalue weighted by Gasteiger charge is 2.24. The van der Waals surface area contributed by atoms with Crippen LogP contribution < -0.4 is 9.80 Å². The van der Waals surface area contributed by atoms with Crippen LogP contribution in [0.1, 0.15) is 17.7 Å². The average Bonchev–Trinajstić information content (AvgIpc) is 3.13. The van der Waals surface area contributed by atoms with Crippen LogP contribution in [0.2, 0.25) is 4.34 Å². The highest BCUT2D eigenvalue weighted by Crippen LogP contribution is 2.26. The molecule has 0 atom stereocenters. The Kier molecular flexibility index (Phi) is 6.12. The van der Waals surface area contributed by atoms with Gasteiger partial charge in [0.05, 0.1) is 17.6 Å². The molecule has 2 saturated heterocycles. The second-order valence-corrected chi connectivity index (χ2v) is 8.94. The summed E-state index contributed by atoms with van der Waals surface area (Å²) in [6, 6.07) is 6.66. The summed E-state index contributed by atoms with van der Waals surface area (Å²) in [6.07, 6.45) is 4.16. The minimum atomic E-state index is 0.514. The SMILES string of the molecule is CN(c1ccnc(N2CCOCC2)n1)C1CCN(Cc2ccc(Cl)s2)CC1. The molecule has 0 aliphatic carbocycles. The van der Waals surface area contributed by atoms with Crippen LogP contribution in [0, 0.1) is 0 Å². The van der Waals surface area contributed by atoms with E-state index >= 15 is 0 Å². The van der Waals surface area contributed by atoms with Crippen LogP contribution in [0.4, 0.5) is 11.8 Å². The summed E-state index contributed by atoms with van der Waals surface area (Å²) in [5.41, 5.74) is 0. The molecule has 0 saturated carbocycles. The summed E-state index contributed by atoms with van der Waals surface area (Å²) >= 11 is 7.73. The largest absolute Gasteiger partial charge is 0.378 e. The van der Waals surface area contributed by atoms with Gasteiger partial charge in [-0.15, -0.1) is 11.3 Å². The van der Waals surface area contributed by atoms with Gasteiger partial charge >= 0.3 is 0 Å². The molecule has 0 N–H and O–H groups in total. The predicted molar refractivity (Wildman–Crippen MR) is 111 cm³/mol. The number of morpholine rings is 1. The first-order chi connectivity index (χ1) is 13.2. The Bertz CT molecular complexity index is 743. The molecule has 2 aliphatic rings. The zero-order valence-corrected chi connectivity index (χ0v) is 17.3. The number of aromatic nitrogens is 2. The molecule has 4 heterocycles. The third-order valence-corrected chi connectivity index (χ3v) is 6.61. The van der Waals surface area contributed by atoms with E-state index in [9.17, 15) is 0 Å². The summed E-state index contributed by atoms with van der Waals surface area (Å²) in [4.78, 5) is 17.7. The van der Waals surface area contributed by atoms with Gasteiger partial charge in [-0.05, 0) is 31.0 Å². The summed E-state index contributed by atoms with van der Waals surface area (Å²) in [5.74, 6) is 1.82. The fourth-order valence-corrected chi connectivity index (χ4v) is 4.89. The van der Waals surface area contributed by atoms with Gasteiger partial charge in [0.1, 0.15) is 5.82 Å². The maximum absolute atomic E-state index is 6.05. The van der Waals surface area contributed by atoms with Crippen molar-refractivity contribution < 1.29 is 4.74 Å². The van der Waals surface area contributed by atoms with Crippen molar-refractivity contribution in [3.63, 3.8) is 0 Å². The molecule has 27 heavy (non-hydrogen) atoms. The smallest absolute Gasteiger partial charge is 0.227 e. The molecule has 8 heteroatoms. The number of anilines is 2.